The summed E-state index contributed by atoms with van der Waals surface area (Å²) in [5.41, 5.74) is 2.15. The number of aromatic hydroxyl groups is 1. The average molecular weight is 341 g/mol. The predicted octanol–water partition coefficient (Wildman–Crippen LogP) is 2.16. The Bertz CT molecular complexity index is 786. The molecule has 1 atom stereocenters. The molecule has 1 unspecified atom stereocenters. The van der Waals surface area contributed by atoms with E-state index in [1.54, 1.807) is 24.3 Å². The Balaban J connectivity index is 1.32. The van der Waals surface area contributed by atoms with Crippen LogP contribution in [0.2, 0.25) is 0 Å². The van der Waals surface area contributed by atoms with Crippen LogP contribution in [-0.2, 0) is 6.54 Å². The molecule has 3 N–H and O–H groups in total. The van der Waals surface area contributed by atoms with Crippen LogP contribution in [0.25, 0.3) is 11.0 Å². The summed E-state index contributed by atoms with van der Waals surface area (Å²) >= 11 is 0. The number of fused-ring (bicyclic) bond motifs is 1. The molecule has 1 heterocycles. The average Bonchev–Trinajstić information content (AvgIpc) is 3.04. The molecular formula is C19H23N3O3. The van der Waals surface area contributed by atoms with Crippen molar-refractivity contribution in [1.82, 2.24) is 14.9 Å². The van der Waals surface area contributed by atoms with E-state index in [1.165, 1.54) is 0 Å². The van der Waals surface area contributed by atoms with Gasteiger partial charge in [-0.1, -0.05) is 12.1 Å². The third kappa shape index (κ3) is 4.95. The molecule has 0 saturated carbocycles. The van der Waals surface area contributed by atoms with Crippen molar-refractivity contribution in [2.24, 2.45) is 0 Å². The molecule has 0 aliphatic rings. The van der Waals surface area contributed by atoms with Crippen LogP contribution in [0.15, 0.2) is 54.9 Å². The summed E-state index contributed by atoms with van der Waals surface area (Å²) in [5.74, 6) is 0.823. The minimum absolute atomic E-state index is 0.195. The van der Waals surface area contributed by atoms with Crippen molar-refractivity contribution in [2.75, 3.05) is 19.7 Å². The van der Waals surface area contributed by atoms with Crippen molar-refractivity contribution >= 4 is 11.0 Å². The van der Waals surface area contributed by atoms with E-state index < -0.39 is 6.10 Å². The zero-order valence-electron chi connectivity index (χ0n) is 14.0. The number of aliphatic hydroxyl groups excluding tert-OH is 1. The van der Waals surface area contributed by atoms with E-state index in [4.69, 9.17) is 4.74 Å². The van der Waals surface area contributed by atoms with E-state index >= 15 is 0 Å². The van der Waals surface area contributed by atoms with Gasteiger partial charge >= 0.3 is 0 Å². The minimum Gasteiger partial charge on any atom is -0.508 e. The molecule has 25 heavy (non-hydrogen) atoms. The summed E-state index contributed by atoms with van der Waals surface area (Å²) in [5, 5.41) is 22.4. The van der Waals surface area contributed by atoms with Gasteiger partial charge in [0.15, 0.2) is 0 Å². The smallest absolute Gasteiger partial charge is 0.119 e. The van der Waals surface area contributed by atoms with E-state index in [9.17, 15) is 10.2 Å². The van der Waals surface area contributed by atoms with Gasteiger partial charge in [0.05, 0.1) is 17.4 Å². The molecule has 0 amide bonds. The van der Waals surface area contributed by atoms with Crippen molar-refractivity contribution in [3.05, 3.63) is 54.9 Å². The number of phenols is 1. The van der Waals surface area contributed by atoms with Crippen molar-refractivity contribution in [3.63, 3.8) is 0 Å². The van der Waals surface area contributed by atoms with Gasteiger partial charge in [-0.05, 0) is 49.4 Å². The third-order valence-corrected chi connectivity index (χ3v) is 3.94. The Morgan fingerprint density at radius 3 is 2.76 bits per heavy atom. The molecule has 3 rings (SSSR count). The summed E-state index contributed by atoms with van der Waals surface area (Å²) in [4.78, 5) is 4.37. The lowest BCUT2D eigenvalue weighted by molar-refractivity contribution is 0.106. The minimum atomic E-state index is -0.581. The number of para-hydroxylation sites is 2. The first-order valence-electron chi connectivity index (χ1n) is 8.43. The van der Waals surface area contributed by atoms with Gasteiger partial charge in [0.2, 0.25) is 0 Å². The highest BCUT2D eigenvalue weighted by molar-refractivity contribution is 5.74. The van der Waals surface area contributed by atoms with Crippen LogP contribution >= 0.6 is 0 Å². The lowest BCUT2D eigenvalue weighted by Gasteiger charge is -2.13. The van der Waals surface area contributed by atoms with Crippen molar-refractivity contribution in [2.45, 2.75) is 19.1 Å². The Morgan fingerprint density at radius 1 is 1.12 bits per heavy atom. The van der Waals surface area contributed by atoms with Gasteiger partial charge in [-0.15, -0.1) is 0 Å². The number of phenolic OH excluding ortho intramolecular Hbond substituents is 1. The fourth-order valence-corrected chi connectivity index (χ4v) is 2.63. The molecule has 3 aromatic rings. The summed E-state index contributed by atoms with van der Waals surface area (Å²) in [6.07, 6.45) is 2.24. The Kier molecular flexibility index (Phi) is 5.87. The second-order valence-electron chi connectivity index (χ2n) is 5.94. The fraction of sp³-hybridized carbons (Fsp3) is 0.316. The summed E-state index contributed by atoms with van der Waals surface area (Å²) < 4.78 is 7.61. The molecular weight excluding hydrogens is 318 g/mol. The molecule has 132 valence electrons. The molecule has 1 aromatic heterocycles. The van der Waals surface area contributed by atoms with Gasteiger partial charge in [0, 0.05) is 13.1 Å². The molecule has 0 fully saturated rings. The molecule has 6 nitrogen and oxygen atoms in total. The topological polar surface area (TPSA) is 79.5 Å². The maximum Gasteiger partial charge on any atom is 0.119 e. The van der Waals surface area contributed by atoms with Crippen LogP contribution < -0.4 is 10.1 Å². The number of aromatic nitrogens is 2. The molecule has 6 heteroatoms. The number of nitrogens with one attached hydrogen (secondary N) is 1. The predicted molar refractivity (Wildman–Crippen MR) is 96.8 cm³/mol. The second kappa shape index (κ2) is 8.50. The van der Waals surface area contributed by atoms with E-state index in [1.807, 2.05) is 24.5 Å². The second-order valence-corrected chi connectivity index (χ2v) is 5.94. The molecule has 0 radical (unpaired) electrons. The number of hydrogen-bond donors (Lipinski definition) is 3. The highest BCUT2D eigenvalue weighted by atomic mass is 16.5. The molecule has 0 aliphatic heterocycles. The highest BCUT2D eigenvalue weighted by Gasteiger charge is 2.05. The van der Waals surface area contributed by atoms with Gasteiger partial charge in [-0.2, -0.15) is 0 Å². The van der Waals surface area contributed by atoms with E-state index in [2.05, 4.69) is 20.9 Å². The maximum atomic E-state index is 9.94. The number of benzene rings is 2. The number of aryl methyl sites for hydroxylation is 1. The Morgan fingerprint density at radius 2 is 1.92 bits per heavy atom. The monoisotopic (exact) mass is 341 g/mol. The maximum absolute atomic E-state index is 9.94. The van der Waals surface area contributed by atoms with Crippen LogP contribution in [0.3, 0.4) is 0 Å². The first-order valence-corrected chi connectivity index (χ1v) is 8.43. The quantitative estimate of drug-likeness (QED) is 0.520. The van der Waals surface area contributed by atoms with Gasteiger partial charge in [0.25, 0.3) is 0 Å². The largest absolute Gasteiger partial charge is 0.508 e. The molecule has 0 saturated heterocycles. The van der Waals surface area contributed by atoms with Crippen molar-refractivity contribution in [1.29, 1.82) is 0 Å². The van der Waals surface area contributed by atoms with Gasteiger partial charge in [0.1, 0.15) is 24.2 Å². The van der Waals surface area contributed by atoms with Crippen LogP contribution in [0, 0.1) is 0 Å². The van der Waals surface area contributed by atoms with Gasteiger partial charge in [-0.25, -0.2) is 4.98 Å². The zero-order chi connectivity index (χ0) is 17.5. The van der Waals surface area contributed by atoms with Crippen molar-refractivity contribution < 1.29 is 14.9 Å². The van der Waals surface area contributed by atoms with Crippen LogP contribution in [-0.4, -0.2) is 45.6 Å². The van der Waals surface area contributed by atoms with E-state index in [0.717, 1.165) is 30.5 Å². The number of rotatable bonds is 9. The Hall–Kier alpha value is -2.57. The Labute approximate surface area is 146 Å². The lowest BCUT2D eigenvalue weighted by Crippen LogP contribution is -2.32. The molecule has 0 aliphatic carbocycles. The fourth-order valence-electron chi connectivity index (χ4n) is 2.63. The van der Waals surface area contributed by atoms with E-state index in [0.29, 0.717) is 12.3 Å². The normalized spacial score (nSPS) is 12.4. The molecule has 0 bridgehead atoms. The number of nitrogens with zero attached hydrogens (tertiary/aromatic N) is 2. The molecule has 2 aromatic carbocycles. The zero-order valence-corrected chi connectivity index (χ0v) is 14.0. The summed E-state index contributed by atoms with van der Waals surface area (Å²) in [7, 11) is 0. The van der Waals surface area contributed by atoms with E-state index in [-0.39, 0.29) is 12.4 Å². The van der Waals surface area contributed by atoms with Gasteiger partial charge < -0.3 is 24.8 Å². The number of ether oxygens (including phenoxy) is 1. The first-order chi connectivity index (χ1) is 12.2. The van der Waals surface area contributed by atoms with Crippen molar-refractivity contribution in [3.8, 4) is 11.5 Å². The van der Waals surface area contributed by atoms with Crippen LogP contribution in [0.5, 0.6) is 11.5 Å². The SMILES string of the molecule is Oc1ccc(OCC(O)CNCCCn2cnc3ccccc32)cc1. The summed E-state index contributed by atoms with van der Waals surface area (Å²) in [6.45, 7) is 2.38. The first kappa shape index (κ1) is 17.3. The van der Waals surface area contributed by atoms with Gasteiger partial charge in [-0.3, -0.25) is 0 Å². The third-order valence-electron chi connectivity index (χ3n) is 3.94. The number of imidazole rings is 1. The van der Waals surface area contributed by atoms with Crippen LogP contribution in [0.1, 0.15) is 6.42 Å². The highest BCUT2D eigenvalue weighted by Crippen LogP contribution is 2.16. The van der Waals surface area contributed by atoms with Crippen LogP contribution in [0.4, 0.5) is 0 Å². The summed E-state index contributed by atoms with van der Waals surface area (Å²) in [6, 6.07) is 14.5. The lowest BCUT2D eigenvalue weighted by atomic mass is 10.3. The standard InChI is InChI=1S/C19H23N3O3/c23-15-6-8-17(9-7-15)25-13-16(24)12-20-10-3-11-22-14-21-18-4-1-2-5-19(18)22/h1-2,4-9,14,16,20,23-24H,3,10-13H2. The number of hydrogen-bond acceptors (Lipinski definition) is 5. The molecule has 0 spiro atoms. The number of aliphatic hydroxyl groups is 1.